The lowest BCUT2D eigenvalue weighted by atomic mass is 9.86. The van der Waals surface area contributed by atoms with Gasteiger partial charge in [0.05, 0.1) is 0 Å². The average Bonchev–Trinajstić information content (AvgIpc) is 3.30. The van der Waals surface area contributed by atoms with Gasteiger partial charge in [-0.2, -0.15) is 0 Å². The lowest BCUT2D eigenvalue weighted by Crippen LogP contribution is -2.20. The Hall–Kier alpha value is -7.42. The first-order valence-electron chi connectivity index (χ1n) is 20.6. The molecule has 2 heteroatoms. The number of anilines is 5. The van der Waals surface area contributed by atoms with E-state index in [1.165, 1.54) is 60.6 Å². The van der Waals surface area contributed by atoms with Gasteiger partial charge in [0.2, 0.25) is 0 Å². The van der Waals surface area contributed by atoms with Gasteiger partial charge in [0, 0.05) is 34.1 Å². The third kappa shape index (κ3) is 7.11. The van der Waals surface area contributed by atoms with Gasteiger partial charge in [0.15, 0.2) is 0 Å². The zero-order chi connectivity index (χ0) is 39.5. The second-order valence-corrected chi connectivity index (χ2v) is 15.4. The van der Waals surface area contributed by atoms with E-state index in [0.29, 0.717) is 5.92 Å². The van der Waals surface area contributed by atoms with Crippen LogP contribution in [0.25, 0.3) is 49.4 Å². The van der Waals surface area contributed by atoms with E-state index in [-0.39, 0.29) is 0 Å². The summed E-state index contributed by atoms with van der Waals surface area (Å²) in [6, 6.07) is 78.9. The van der Waals surface area contributed by atoms with Crippen molar-refractivity contribution >= 4 is 55.6 Å². The number of nitrogens with zero attached hydrogens (tertiary/aromatic N) is 2. The summed E-state index contributed by atoms with van der Waals surface area (Å²) in [6.07, 6.45) is 5.58. The summed E-state index contributed by atoms with van der Waals surface area (Å²) < 4.78 is 0. The van der Waals surface area contributed by atoms with Gasteiger partial charge in [-0.15, -0.1) is 0 Å². The number of hydrogen-bond donors (Lipinski definition) is 0. The molecule has 0 heterocycles. The molecule has 0 aromatic heterocycles. The van der Waals surface area contributed by atoms with E-state index in [1.807, 2.05) is 0 Å². The molecule has 0 amide bonds. The lowest BCUT2D eigenvalue weighted by Gasteiger charge is -2.32. The molecule has 2 nitrogen and oxygen atoms in total. The minimum Gasteiger partial charge on any atom is -0.314 e. The van der Waals surface area contributed by atoms with Crippen LogP contribution in [0.2, 0.25) is 0 Å². The molecule has 0 aliphatic heterocycles. The molecule has 1 atom stereocenters. The van der Waals surface area contributed by atoms with Gasteiger partial charge in [0.1, 0.15) is 0 Å². The third-order valence-electron chi connectivity index (χ3n) is 11.7. The lowest BCUT2D eigenvalue weighted by molar-refractivity contribution is 0.715. The Kier molecular flexibility index (Phi) is 9.66. The molecule has 0 bridgehead atoms. The first-order valence-corrected chi connectivity index (χ1v) is 20.6. The second-order valence-electron chi connectivity index (χ2n) is 15.4. The number of rotatable bonds is 9. The minimum absolute atomic E-state index is 0.328. The maximum atomic E-state index is 2.42. The molecule has 0 saturated carbocycles. The largest absolute Gasteiger partial charge is 0.314 e. The van der Waals surface area contributed by atoms with Crippen molar-refractivity contribution in [1.82, 2.24) is 0 Å². The van der Waals surface area contributed by atoms with E-state index < -0.39 is 0 Å². The summed E-state index contributed by atoms with van der Waals surface area (Å²) in [6.45, 7) is 2.35. The van der Waals surface area contributed by atoms with Crippen molar-refractivity contribution in [3.63, 3.8) is 0 Å². The fourth-order valence-electron chi connectivity index (χ4n) is 8.81. The van der Waals surface area contributed by atoms with Crippen LogP contribution in [0.1, 0.15) is 18.9 Å². The minimum atomic E-state index is 0.328. The summed E-state index contributed by atoms with van der Waals surface area (Å²) in [4.78, 5) is 4.76. The van der Waals surface area contributed by atoms with E-state index in [0.717, 1.165) is 34.9 Å². The summed E-state index contributed by atoms with van der Waals surface area (Å²) >= 11 is 0. The molecule has 10 rings (SSSR count). The SMILES string of the molecule is CC1CC(N(c2ccccc2)c2ccc(-c3cccc4ccccc34)cc2)=CC=C1c1ccc(N(c2ccccc2)c2ccc(-c3cccc4ccccc34)cc2)cc1. The van der Waals surface area contributed by atoms with E-state index in [2.05, 4.69) is 247 Å². The van der Waals surface area contributed by atoms with Gasteiger partial charge in [-0.05, 0) is 134 Å². The fraction of sp³-hybridized carbons (Fsp3) is 0.0526. The maximum absolute atomic E-state index is 2.42. The molecule has 59 heavy (non-hydrogen) atoms. The standard InChI is InChI=1S/C57H44N2/c1-41-40-52(59(48-20-6-3-7-21-48)51-36-30-46(31-37-51)57-25-13-17-43-15-9-11-23-55(43)57)38-39-53(41)44-26-32-49(33-27-44)58(47-18-4-2-5-19-47)50-34-28-45(29-35-50)56-24-12-16-42-14-8-10-22-54(42)56/h2-39,41H,40H2,1H3. The molecule has 0 fully saturated rings. The van der Waals surface area contributed by atoms with Crippen molar-refractivity contribution in [2.45, 2.75) is 13.3 Å². The van der Waals surface area contributed by atoms with E-state index in [1.54, 1.807) is 0 Å². The molecule has 1 aliphatic carbocycles. The second kappa shape index (κ2) is 15.8. The van der Waals surface area contributed by atoms with Gasteiger partial charge in [-0.25, -0.2) is 0 Å². The number of para-hydroxylation sites is 2. The molecule has 282 valence electrons. The van der Waals surface area contributed by atoms with E-state index in [9.17, 15) is 0 Å². The normalized spacial score (nSPS) is 13.8. The van der Waals surface area contributed by atoms with Crippen LogP contribution in [-0.2, 0) is 0 Å². The van der Waals surface area contributed by atoms with Crippen LogP contribution in [0, 0.1) is 5.92 Å². The molecule has 0 saturated heterocycles. The Bertz CT molecular complexity index is 2930. The molecule has 1 unspecified atom stereocenters. The third-order valence-corrected chi connectivity index (χ3v) is 11.7. The molecular formula is C57H44N2. The molecular weight excluding hydrogens is 713 g/mol. The molecule has 1 aliphatic rings. The van der Waals surface area contributed by atoms with Crippen LogP contribution < -0.4 is 9.80 Å². The smallest absolute Gasteiger partial charge is 0.0462 e. The highest BCUT2D eigenvalue weighted by Crippen LogP contribution is 2.42. The van der Waals surface area contributed by atoms with Crippen LogP contribution in [0.5, 0.6) is 0 Å². The van der Waals surface area contributed by atoms with Crippen molar-refractivity contribution in [1.29, 1.82) is 0 Å². The molecule has 0 N–H and O–H groups in total. The van der Waals surface area contributed by atoms with Crippen molar-refractivity contribution < 1.29 is 0 Å². The topological polar surface area (TPSA) is 6.48 Å². The Morgan fingerprint density at radius 1 is 0.339 bits per heavy atom. The average molecular weight is 757 g/mol. The zero-order valence-electron chi connectivity index (χ0n) is 33.1. The summed E-state index contributed by atoms with van der Waals surface area (Å²) in [5.74, 6) is 0.328. The van der Waals surface area contributed by atoms with Crippen molar-refractivity contribution in [2.24, 2.45) is 5.92 Å². The van der Waals surface area contributed by atoms with Gasteiger partial charge >= 0.3 is 0 Å². The first kappa shape index (κ1) is 36.0. The van der Waals surface area contributed by atoms with Crippen LogP contribution in [0.3, 0.4) is 0 Å². The van der Waals surface area contributed by atoms with Crippen LogP contribution in [0.4, 0.5) is 28.4 Å². The summed E-state index contributed by atoms with van der Waals surface area (Å²) in [5, 5.41) is 5.06. The van der Waals surface area contributed by atoms with E-state index >= 15 is 0 Å². The first-order chi connectivity index (χ1) is 29.2. The quantitative estimate of drug-likeness (QED) is 0.145. The number of benzene rings is 9. The molecule has 9 aromatic carbocycles. The van der Waals surface area contributed by atoms with E-state index in [4.69, 9.17) is 0 Å². The maximum Gasteiger partial charge on any atom is 0.0462 e. The highest BCUT2D eigenvalue weighted by Gasteiger charge is 2.23. The zero-order valence-corrected chi connectivity index (χ0v) is 33.1. The van der Waals surface area contributed by atoms with Crippen molar-refractivity contribution in [3.05, 3.63) is 242 Å². The Morgan fingerprint density at radius 3 is 1.22 bits per heavy atom. The molecule has 9 aromatic rings. The predicted molar refractivity (Wildman–Crippen MR) is 252 cm³/mol. The summed E-state index contributed by atoms with van der Waals surface area (Å²) in [5.41, 5.74) is 14.5. The monoisotopic (exact) mass is 756 g/mol. The van der Waals surface area contributed by atoms with Gasteiger partial charge in [-0.3, -0.25) is 0 Å². The summed E-state index contributed by atoms with van der Waals surface area (Å²) in [7, 11) is 0. The van der Waals surface area contributed by atoms with Gasteiger partial charge in [0.25, 0.3) is 0 Å². The van der Waals surface area contributed by atoms with Gasteiger partial charge < -0.3 is 9.80 Å². The van der Waals surface area contributed by atoms with Crippen LogP contribution >= 0.6 is 0 Å². The van der Waals surface area contributed by atoms with Gasteiger partial charge in [-0.1, -0.05) is 171 Å². The van der Waals surface area contributed by atoms with Crippen LogP contribution in [-0.4, -0.2) is 0 Å². The predicted octanol–water partition coefficient (Wildman–Crippen LogP) is 15.9. The van der Waals surface area contributed by atoms with Crippen LogP contribution in [0.15, 0.2) is 236 Å². The van der Waals surface area contributed by atoms with Crippen molar-refractivity contribution in [2.75, 3.05) is 9.80 Å². The number of hydrogen-bond acceptors (Lipinski definition) is 2. The van der Waals surface area contributed by atoms with Crippen molar-refractivity contribution in [3.8, 4) is 22.3 Å². The fourth-order valence-corrected chi connectivity index (χ4v) is 8.81. The molecule has 0 spiro atoms. The Labute approximate surface area is 347 Å². The Morgan fingerprint density at radius 2 is 0.729 bits per heavy atom. The highest BCUT2D eigenvalue weighted by molar-refractivity contribution is 5.98. The number of allylic oxidation sites excluding steroid dienone is 4. The highest BCUT2D eigenvalue weighted by atomic mass is 15.2. The number of fused-ring (bicyclic) bond motifs is 2. The Balaban J connectivity index is 0.948. The molecule has 0 radical (unpaired) electrons.